The Morgan fingerprint density at radius 2 is 1.96 bits per heavy atom. The minimum Gasteiger partial charge on any atom is -0.385 e. The Morgan fingerprint density at radius 3 is 2.56 bits per heavy atom. The number of anilines is 2. The fourth-order valence-corrected chi connectivity index (χ4v) is 4.48. The summed E-state index contributed by atoms with van der Waals surface area (Å²) in [5.74, 6) is 1.49. The molecule has 25 heavy (non-hydrogen) atoms. The third kappa shape index (κ3) is 3.93. The van der Waals surface area contributed by atoms with E-state index < -0.39 is 0 Å². The molecule has 3 aromatic heterocycles. The Hall–Kier alpha value is -1.72. The van der Waals surface area contributed by atoms with E-state index in [-0.39, 0.29) is 11.0 Å². The maximum absolute atomic E-state index is 6.27. The molecule has 0 saturated heterocycles. The number of halogens is 1. The van der Waals surface area contributed by atoms with Crippen LogP contribution in [0, 0.1) is 5.41 Å². The molecule has 0 unspecified atom stereocenters. The van der Waals surface area contributed by atoms with Gasteiger partial charge >= 0.3 is 0 Å². The lowest BCUT2D eigenvalue weighted by Gasteiger charge is -2.34. The number of thiophene rings is 1. The zero-order chi connectivity index (χ0) is 18.4. The topological polar surface area (TPSA) is 55.3 Å². The van der Waals surface area contributed by atoms with Crippen molar-refractivity contribution >= 4 is 40.2 Å². The highest BCUT2D eigenvalue weighted by Gasteiger charge is 2.28. The molecule has 0 aliphatic heterocycles. The van der Waals surface area contributed by atoms with Gasteiger partial charge in [-0.05, 0) is 43.2 Å². The number of hydrogen-bond donors (Lipinski definition) is 2. The predicted octanol–water partition coefficient (Wildman–Crippen LogP) is 5.93. The Labute approximate surface area is 158 Å². The number of pyridine rings is 1. The van der Waals surface area contributed by atoms with Crippen LogP contribution in [0.4, 0.5) is 11.6 Å². The molecule has 0 atom stereocenters. The van der Waals surface area contributed by atoms with Crippen LogP contribution in [0.25, 0.3) is 16.2 Å². The zero-order valence-corrected chi connectivity index (χ0v) is 16.9. The second kappa shape index (κ2) is 6.22. The summed E-state index contributed by atoms with van der Waals surface area (Å²) in [6.45, 7) is 11.2. The van der Waals surface area contributed by atoms with Crippen molar-refractivity contribution in [3.05, 3.63) is 34.7 Å². The van der Waals surface area contributed by atoms with Gasteiger partial charge in [-0.25, -0.2) is 4.98 Å². The molecule has 3 heterocycles. The fraction of sp³-hybridized carbons (Fsp3) is 0.421. The van der Waals surface area contributed by atoms with Crippen molar-refractivity contribution in [1.82, 2.24) is 9.38 Å². The number of nitrogens with two attached hydrogens (primary N) is 1. The highest BCUT2D eigenvalue weighted by Crippen LogP contribution is 2.37. The SMILES string of the molecule is CC(C)(C)CC(C)(C)Nc1c(-c2cccs2)nc2cc(Cl)cc(N)n12. The number of fused-ring (bicyclic) bond motifs is 1. The molecule has 0 bridgehead atoms. The van der Waals surface area contributed by atoms with Crippen LogP contribution in [-0.2, 0) is 0 Å². The molecule has 6 heteroatoms. The molecular weight excluding hydrogens is 352 g/mol. The maximum atomic E-state index is 6.27. The number of rotatable bonds is 4. The van der Waals surface area contributed by atoms with Gasteiger partial charge in [-0.2, -0.15) is 0 Å². The van der Waals surface area contributed by atoms with Crippen molar-refractivity contribution in [2.45, 2.75) is 46.6 Å². The second-order valence-corrected chi connectivity index (χ2v) is 9.71. The van der Waals surface area contributed by atoms with Gasteiger partial charge in [-0.3, -0.25) is 4.40 Å². The number of nitrogens with zero attached hydrogens (tertiary/aromatic N) is 2. The lowest BCUT2D eigenvalue weighted by Crippen LogP contribution is -2.36. The first-order chi connectivity index (χ1) is 11.6. The monoisotopic (exact) mass is 376 g/mol. The number of aromatic nitrogens is 2. The number of hydrogen-bond acceptors (Lipinski definition) is 4. The van der Waals surface area contributed by atoms with Crippen LogP contribution >= 0.6 is 22.9 Å². The van der Waals surface area contributed by atoms with Gasteiger partial charge in [0.25, 0.3) is 0 Å². The summed E-state index contributed by atoms with van der Waals surface area (Å²) in [6.07, 6.45) is 1.00. The molecule has 0 aliphatic rings. The van der Waals surface area contributed by atoms with E-state index in [1.807, 2.05) is 16.5 Å². The van der Waals surface area contributed by atoms with Crippen LogP contribution in [0.5, 0.6) is 0 Å². The first-order valence-electron chi connectivity index (χ1n) is 8.35. The molecule has 134 valence electrons. The number of imidazole rings is 1. The van der Waals surface area contributed by atoms with Crippen molar-refractivity contribution in [2.24, 2.45) is 5.41 Å². The minimum absolute atomic E-state index is 0.119. The smallest absolute Gasteiger partial charge is 0.142 e. The van der Waals surface area contributed by atoms with Crippen molar-refractivity contribution in [3.63, 3.8) is 0 Å². The van der Waals surface area contributed by atoms with E-state index in [2.05, 4.69) is 51.4 Å². The Kier molecular flexibility index (Phi) is 4.50. The average Bonchev–Trinajstić information content (AvgIpc) is 3.02. The molecule has 3 N–H and O–H groups in total. The summed E-state index contributed by atoms with van der Waals surface area (Å²) in [6, 6.07) is 7.71. The van der Waals surface area contributed by atoms with Crippen LogP contribution in [0.1, 0.15) is 41.0 Å². The van der Waals surface area contributed by atoms with E-state index in [0.29, 0.717) is 10.8 Å². The van der Waals surface area contributed by atoms with E-state index >= 15 is 0 Å². The van der Waals surface area contributed by atoms with Crippen molar-refractivity contribution in [3.8, 4) is 10.6 Å². The normalized spacial score (nSPS) is 12.7. The summed E-state index contributed by atoms with van der Waals surface area (Å²) in [7, 11) is 0. The highest BCUT2D eigenvalue weighted by atomic mass is 35.5. The molecule has 0 amide bonds. The Bertz CT molecular complexity index is 888. The highest BCUT2D eigenvalue weighted by molar-refractivity contribution is 7.13. The summed E-state index contributed by atoms with van der Waals surface area (Å²) < 4.78 is 1.95. The second-order valence-electron chi connectivity index (χ2n) is 8.32. The van der Waals surface area contributed by atoms with Crippen molar-refractivity contribution in [1.29, 1.82) is 0 Å². The molecule has 4 nitrogen and oxygen atoms in total. The number of nitrogen functional groups attached to an aromatic ring is 1. The molecule has 3 aromatic rings. The first kappa shape index (κ1) is 18.1. The van der Waals surface area contributed by atoms with Crippen LogP contribution in [0.2, 0.25) is 5.02 Å². The van der Waals surface area contributed by atoms with Crippen molar-refractivity contribution in [2.75, 3.05) is 11.1 Å². The molecule has 0 radical (unpaired) electrons. The fourth-order valence-electron chi connectivity index (χ4n) is 3.56. The maximum Gasteiger partial charge on any atom is 0.142 e. The molecule has 0 aromatic carbocycles. The molecule has 0 spiro atoms. The summed E-state index contributed by atoms with van der Waals surface area (Å²) in [5, 5.41) is 6.35. The van der Waals surface area contributed by atoms with Gasteiger partial charge in [0.2, 0.25) is 0 Å². The summed E-state index contributed by atoms with van der Waals surface area (Å²) >= 11 is 7.84. The van der Waals surface area contributed by atoms with E-state index in [4.69, 9.17) is 22.3 Å². The average molecular weight is 377 g/mol. The number of nitrogens with one attached hydrogen (secondary N) is 1. The van der Waals surface area contributed by atoms with Crippen LogP contribution in [0.3, 0.4) is 0 Å². The van der Waals surface area contributed by atoms with E-state index in [1.54, 1.807) is 17.4 Å². The van der Waals surface area contributed by atoms with Crippen LogP contribution in [0.15, 0.2) is 29.6 Å². The van der Waals surface area contributed by atoms with Crippen LogP contribution in [-0.4, -0.2) is 14.9 Å². The third-order valence-corrected chi connectivity index (χ3v) is 4.99. The quantitative estimate of drug-likeness (QED) is 0.593. The van der Waals surface area contributed by atoms with E-state index in [1.165, 1.54) is 0 Å². The van der Waals surface area contributed by atoms with Gasteiger partial charge in [0.15, 0.2) is 0 Å². The summed E-state index contributed by atoms with van der Waals surface area (Å²) in [4.78, 5) is 5.91. The van der Waals surface area contributed by atoms with Crippen LogP contribution < -0.4 is 11.1 Å². The lowest BCUT2D eigenvalue weighted by atomic mass is 9.82. The molecule has 0 fully saturated rings. The third-order valence-electron chi connectivity index (χ3n) is 3.90. The van der Waals surface area contributed by atoms with Gasteiger partial charge in [0.1, 0.15) is 23.0 Å². The molecule has 0 aliphatic carbocycles. The Balaban J connectivity index is 2.16. The molecular formula is C19H25ClN4S. The molecule has 3 rings (SSSR count). The molecule has 0 saturated carbocycles. The standard InChI is InChI=1S/C19H25ClN4S/c1-18(2,3)11-19(4,5)23-17-16(13-7-6-8-25-13)22-15-10-12(20)9-14(21)24(15)17/h6-10,23H,11,21H2,1-5H3. The van der Waals surface area contributed by atoms with Crippen molar-refractivity contribution < 1.29 is 0 Å². The lowest BCUT2D eigenvalue weighted by molar-refractivity contribution is 0.302. The van der Waals surface area contributed by atoms with E-state index in [9.17, 15) is 0 Å². The zero-order valence-electron chi connectivity index (χ0n) is 15.4. The van der Waals surface area contributed by atoms with Gasteiger partial charge in [0, 0.05) is 16.6 Å². The minimum atomic E-state index is -0.119. The first-order valence-corrected chi connectivity index (χ1v) is 9.61. The Morgan fingerprint density at radius 1 is 1.24 bits per heavy atom. The van der Waals surface area contributed by atoms with Gasteiger partial charge in [0.05, 0.1) is 4.88 Å². The van der Waals surface area contributed by atoms with Gasteiger partial charge in [-0.15, -0.1) is 11.3 Å². The van der Waals surface area contributed by atoms with Gasteiger partial charge < -0.3 is 11.1 Å². The predicted molar refractivity (Wildman–Crippen MR) is 110 cm³/mol. The van der Waals surface area contributed by atoms with Gasteiger partial charge in [-0.1, -0.05) is 38.4 Å². The van der Waals surface area contributed by atoms with E-state index in [0.717, 1.165) is 28.5 Å². The largest absolute Gasteiger partial charge is 0.385 e. The summed E-state index contributed by atoms with van der Waals surface area (Å²) in [5.41, 5.74) is 8.02.